The van der Waals surface area contributed by atoms with E-state index in [0.29, 0.717) is 23.4 Å². The lowest BCUT2D eigenvalue weighted by molar-refractivity contribution is -0.137. The molecule has 0 saturated carbocycles. The molecule has 0 aromatic heterocycles. The Kier molecular flexibility index (Phi) is 8.83. The van der Waals surface area contributed by atoms with Gasteiger partial charge in [-0.3, -0.25) is 5.43 Å². The number of urea groups is 1. The highest BCUT2D eigenvalue weighted by molar-refractivity contribution is 6.00. The maximum Gasteiger partial charge on any atom is 0.416 e. The van der Waals surface area contributed by atoms with Gasteiger partial charge in [-0.1, -0.05) is 63.2 Å². The predicted molar refractivity (Wildman–Crippen MR) is 139 cm³/mol. The molecule has 0 unspecified atom stereocenters. The largest absolute Gasteiger partial charge is 0.416 e. The van der Waals surface area contributed by atoms with Crippen LogP contribution in [0.1, 0.15) is 55.4 Å². The first-order valence-corrected chi connectivity index (χ1v) is 11.5. The average molecular weight is 496 g/mol. The molecule has 0 radical (unpaired) electrons. The zero-order valence-corrected chi connectivity index (χ0v) is 20.2. The van der Waals surface area contributed by atoms with E-state index in [4.69, 9.17) is 0 Å². The van der Waals surface area contributed by atoms with Crippen molar-refractivity contribution >= 4 is 29.3 Å². The monoisotopic (exact) mass is 495 g/mol. The lowest BCUT2D eigenvalue weighted by atomic mass is 10.0. The number of nitrogens with zero attached hydrogens (tertiary/aromatic N) is 2. The molecule has 0 aliphatic rings. The number of hydrazone groups is 2. The zero-order valence-electron chi connectivity index (χ0n) is 20.2. The molecular weight excluding hydrogens is 467 g/mol. The Balaban J connectivity index is 1.56. The van der Waals surface area contributed by atoms with Crippen molar-refractivity contribution in [2.24, 2.45) is 10.2 Å². The number of hydrogen-bond acceptors (Lipinski definition) is 4. The number of alkyl halides is 3. The molecule has 0 saturated heterocycles. The van der Waals surface area contributed by atoms with Crippen LogP contribution < -0.4 is 16.2 Å². The van der Waals surface area contributed by atoms with Crippen LogP contribution in [0, 0.1) is 0 Å². The van der Waals surface area contributed by atoms with E-state index < -0.39 is 17.8 Å². The summed E-state index contributed by atoms with van der Waals surface area (Å²) in [6, 6.07) is 19.2. The highest BCUT2D eigenvalue weighted by atomic mass is 19.4. The van der Waals surface area contributed by atoms with Gasteiger partial charge >= 0.3 is 12.2 Å². The Bertz CT molecular complexity index is 1220. The Morgan fingerprint density at radius 2 is 1.64 bits per heavy atom. The number of benzene rings is 3. The van der Waals surface area contributed by atoms with Crippen LogP contribution in [-0.4, -0.2) is 18.0 Å². The summed E-state index contributed by atoms with van der Waals surface area (Å²) in [7, 11) is 0. The summed E-state index contributed by atoms with van der Waals surface area (Å²) >= 11 is 0. The summed E-state index contributed by atoms with van der Waals surface area (Å²) < 4.78 is 38.3. The van der Waals surface area contributed by atoms with Crippen LogP contribution in [0.4, 0.5) is 29.3 Å². The van der Waals surface area contributed by atoms with Gasteiger partial charge in [-0.05, 0) is 59.4 Å². The third kappa shape index (κ3) is 7.43. The van der Waals surface area contributed by atoms with E-state index in [-0.39, 0.29) is 5.92 Å². The molecule has 0 atom stereocenters. The third-order valence-electron chi connectivity index (χ3n) is 5.32. The van der Waals surface area contributed by atoms with Gasteiger partial charge in [0.05, 0.1) is 23.2 Å². The summed E-state index contributed by atoms with van der Waals surface area (Å²) in [6.45, 7) is 5.98. The molecule has 3 rings (SSSR count). The topological polar surface area (TPSA) is 77.9 Å². The van der Waals surface area contributed by atoms with E-state index in [1.54, 1.807) is 24.3 Å². The van der Waals surface area contributed by atoms with Crippen LogP contribution in [0.25, 0.3) is 0 Å². The molecule has 0 bridgehead atoms. The van der Waals surface area contributed by atoms with Gasteiger partial charge in [0.15, 0.2) is 0 Å². The quantitative estimate of drug-likeness (QED) is 0.228. The lowest BCUT2D eigenvalue weighted by Gasteiger charge is -2.12. The molecule has 3 aromatic carbocycles. The molecule has 36 heavy (non-hydrogen) atoms. The van der Waals surface area contributed by atoms with Crippen molar-refractivity contribution in [1.29, 1.82) is 0 Å². The first-order chi connectivity index (χ1) is 17.2. The number of nitrogens with one attached hydrogen (secondary N) is 3. The van der Waals surface area contributed by atoms with Gasteiger partial charge in [-0.15, -0.1) is 0 Å². The second-order valence-electron chi connectivity index (χ2n) is 8.29. The Morgan fingerprint density at radius 1 is 0.972 bits per heavy atom. The van der Waals surface area contributed by atoms with Crippen molar-refractivity contribution in [2.45, 2.75) is 39.3 Å². The molecule has 0 fully saturated rings. The molecule has 3 N–H and O–H groups in total. The fourth-order valence-electron chi connectivity index (χ4n) is 3.41. The molecule has 6 nitrogen and oxygen atoms in total. The SMILES string of the molecule is CC/C(=N\Nc1ccc(/C=N/NC(=O)Nc2ccccc2C(C)C)cc1)c1ccc(C(F)(F)F)cc1. The maximum absolute atomic E-state index is 12.8. The standard InChI is InChI=1S/C27H28F3N5O/c1-4-24(20-11-13-21(14-12-20)27(28,29)30)34-33-22-15-9-19(10-16-22)17-31-35-26(36)32-25-8-6-5-7-23(25)18(2)3/h5-18,33H,4H2,1-3H3,(H2,32,35,36)/b31-17+,34-24+. The molecule has 188 valence electrons. The van der Waals surface area contributed by atoms with Crippen LogP contribution in [0.3, 0.4) is 0 Å². The fraction of sp³-hybridized carbons (Fsp3) is 0.222. The summed E-state index contributed by atoms with van der Waals surface area (Å²) in [5.41, 5.74) is 9.14. The Morgan fingerprint density at radius 3 is 2.25 bits per heavy atom. The van der Waals surface area contributed by atoms with Gasteiger partial charge in [0.2, 0.25) is 0 Å². The number of anilines is 2. The highest BCUT2D eigenvalue weighted by Gasteiger charge is 2.30. The van der Waals surface area contributed by atoms with Gasteiger partial charge in [0.25, 0.3) is 0 Å². The van der Waals surface area contributed by atoms with E-state index in [1.807, 2.05) is 31.2 Å². The number of rotatable bonds is 8. The molecule has 2 amide bonds. The van der Waals surface area contributed by atoms with Crippen LogP contribution in [0.2, 0.25) is 0 Å². The normalized spacial score (nSPS) is 12.1. The summed E-state index contributed by atoms with van der Waals surface area (Å²) in [5, 5.41) is 11.1. The number of halogens is 3. The van der Waals surface area contributed by atoms with Gasteiger partial charge in [-0.25, -0.2) is 10.2 Å². The van der Waals surface area contributed by atoms with E-state index in [1.165, 1.54) is 18.3 Å². The van der Waals surface area contributed by atoms with E-state index >= 15 is 0 Å². The first kappa shape index (κ1) is 26.5. The minimum atomic E-state index is -4.37. The van der Waals surface area contributed by atoms with Crippen LogP contribution >= 0.6 is 0 Å². The van der Waals surface area contributed by atoms with Crippen LogP contribution in [0.5, 0.6) is 0 Å². The van der Waals surface area contributed by atoms with Crippen LogP contribution in [0.15, 0.2) is 83.0 Å². The number of para-hydroxylation sites is 1. The third-order valence-corrected chi connectivity index (χ3v) is 5.32. The minimum Gasteiger partial charge on any atom is -0.306 e. The number of carbonyl (C=O) groups is 1. The van der Waals surface area contributed by atoms with Gasteiger partial charge in [0.1, 0.15) is 0 Å². The van der Waals surface area contributed by atoms with Crippen molar-refractivity contribution in [3.05, 3.63) is 95.1 Å². The predicted octanol–water partition coefficient (Wildman–Crippen LogP) is 7.21. The van der Waals surface area contributed by atoms with Gasteiger partial charge < -0.3 is 5.32 Å². The zero-order chi connectivity index (χ0) is 26.1. The van der Waals surface area contributed by atoms with Gasteiger partial charge in [0, 0.05) is 5.69 Å². The molecule has 0 spiro atoms. The van der Waals surface area contributed by atoms with Crippen LogP contribution in [-0.2, 0) is 6.18 Å². The maximum atomic E-state index is 12.8. The number of carbonyl (C=O) groups excluding carboxylic acids is 1. The van der Waals surface area contributed by atoms with E-state index in [9.17, 15) is 18.0 Å². The van der Waals surface area contributed by atoms with Crippen molar-refractivity contribution < 1.29 is 18.0 Å². The Hall–Kier alpha value is -4.14. The molecule has 0 aliphatic heterocycles. The van der Waals surface area contributed by atoms with Crippen molar-refractivity contribution in [2.75, 3.05) is 10.7 Å². The highest BCUT2D eigenvalue weighted by Crippen LogP contribution is 2.29. The molecule has 9 heteroatoms. The Labute approximate surface area is 208 Å². The second kappa shape index (κ2) is 12.0. The van der Waals surface area contributed by atoms with E-state index in [2.05, 4.69) is 40.2 Å². The number of hydrogen-bond donors (Lipinski definition) is 3. The number of amides is 2. The average Bonchev–Trinajstić information content (AvgIpc) is 2.85. The molecule has 3 aromatic rings. The molecular formula is C27H28F3N5O. The smallest absolute Gasteiger partial charge is 0.306 e. The first-order valence-electron chi connectivity index (χ1n) is 11.5. The summed E-state index contributed by atoms with van der Waals surface area (Å²) in [5.74, 6) is 0.268. The van der Waals surface area contributed by atoms with Gasteiger partial charge in [-0.2, -0.15) is 23.4 Å². The van der Waals surface area contributed by atoms with Crippen molar-refractivity contribution in [1.82, 2.24) is 5.43 Å². The summed E-state index contributed by atoms with van der Waals surface area (Å²) in [4.78, 5) is 12.2. The summed E-state index contributed by atoms with van der Waals surface area (Å²) in [6.07, 6.45) is -2.32. The van der Waals surface area contributed by atoms with Crippen molar-refractivity contribution in [3.8, 4) is 0 Å². The second-order valence-corrected chi connectivity index (χ2v) is 8.29. The van der Waals surface area contributed by atoms with E-state index in [0.717, 1.165) is 28.9 Å². The fourth-order valence-corrected chi connectivity index (χ4v) is 3.41. The lowest BCUT2D eigenvalue weighted by Crippen LogP contribution is -2.24. The molecule has 0 heterocycles. The molecule has 0 aliphatic carbocycles. The minimum absolute atomic E-state index is 0.268. The van der Waals surface area contributed by atoms with Crippen molar-refractivity contribution in [3.63, 3.8) is 0 Å².